The highest BCUT2D eigenvalue weighted by atomic mass is 19.1. The summed E-state index contributed by atoms with van der Waals surface area (Å²) in [6.07, 6.45) is 3.53. The Morgan fingerprint density at radius 2 is 2.12 bits per heavy atom. The predicted octanol–water partition coefficient (Wildman–Crippen LogP) is 3.09. The summed E-state index contributed by atoms with van der Waals surface area (Å²) < 4.78 is 13.9. The SMILES string of the molecule is C/C(=C\c1ccccc1)CNC[C@@H]1C[C@H](F)CN1c1cccnn1. The molecule has 24 heavy (non-hydrogen) atoms. The summed E-state index contributed by atoms with van der Waals surface area (Å²) in [6.45, 7) is 4.02. The summed E-state index contributed by atoms with van der Waals surface area (Å²) in [7, 11) is 0. The Hall–Kier alpha value is -2.27. The van der Waals surface area contributed by atoms with Crippen LogP contribution in [0.15, 0.2) is 54.2 Å². The van der Waals surface area contributed by atoms with E-state index in [1.54, 1.807) is 6.20 Å². The minimum Gasteiger partial charge on any atom is -0.348 e. The van der Waals surface area contributed by atoms with Crippen molar-refractivity contribution in [2.75, 3.05) is 24.5 Å². The molecule has 4 nitrogen and oxygen atoms in total. The molecule has 1 aromatic heterocycles. The molecule has 1 N–H and O–H groups in total. The van der Waals surface area contributed by atoms with Crippen LogP contribution in [0.3, 0.4) is 0 Å². The Balaban J connectivity index is 1.54. The Morgan fingerprint density at radius 1 is 1.29 bits per heavy atom. The van der Waals surface area contributed by atoms with E-state index in [-0.39, 0.29) is 6.04 Å². The summed E-state index contributed by atoms with van der Waals surface area (Å²) in [5.74, 6) is 0.751. The van der Waals surface area contributed by atoms with Gasteiger partial charge in [0.15, 0.2) is 5.82 Å². The van der Waals surface area contributed by atoms with Gasteiger partial charge in [-0.25, -0.2) is 4.39 Å². The minimum absolute atomic E-state index is 0.112. The Bertz CT molecular complexity index is 660. The first-order valence-corrected chi connectivity index (χ1v) is 8.34. The molecule has 0 spiro atoms. The fourth-order valence-corrected chi connectivity index (χ4v) is 3.10. The number of nitrogens with one attached hydrogen (secondary N) is 1. The van der Waals surface area contributed by atoms with Gasteiger partial charge in [0, 0.05) is 31.7 Å². The Kier molecular flexibility index (Phi) is 5.54. The van der Waals surface area contributed by atoms with Crippen LogP contribution in [0.5, 0.6) is 0 Å². The normalized spacial score (nSPS) is 21.2. The number of halogens is 1. The van der Waals surface area contributed by atoms with Gasteiger partial charge in [0.2, 0.25) is 0 Å². The molecule has 2 atom stereocenters. The molecule has 1 aromatic carbocycles. The quantitative estimate of drug-likeness (QED) is 0.886. The molecule has 2 aromatic rings. The summed E-state index contributed by atoms with van der Waals surface area (Å²) in [5, 5.41) is 11.5. The maximum atomic E-state index is 13.9. The van der Waals surface area contributed by atoms with E-state index in [1.807, 2.05) is 35.2 Å². The van der Waals surface area contributed by atoms with Gasteiger partial charge in [0.1, 0.15) is 6.17 Å². The molecule has 0 unspecified atom stereocenters. The van der Waals surface area contributed by atoms with Crippen molar-refractivity contribution >= 4 is 11.9 Å². The van der Waals surface area contributed by atoms with Crippen molar-refractivity contribution in [3.05, 3.63) is 59.8 Å². The molecule has 1 aliphatic heterocycles. The highest BCUT2D eigenvalue weighted by Gasteiger charge is 2.32. The molecule has 0 amide bonds. The van der Waals surface area contributed by atoms with Crippen LogP contribution in [-0.2, 0) is 0 Å². The monoisotopic (exact) mass is 326 g/mol. The van der Waals surface area contributed by atoms with Crippen LogP contribution in [0.4, 0.5) is 10.2 Å². The third kappa shape index (κ3) is 4.38. The van der Waals surface area contributed by atoms with Crippen molar-refractivity contribution in [2.45, 2.75) is 25.6 Å². The molecular weight excluding hydrogens is 303 g/mol. The van der Waals surface area contributed by atoms with Crippen LogP contribution in [0, 0.1) is 0 Å². The van der Waals surface area contributed by atoms with Crippen molar-refractivity contribution in [2.24, 2.45) is 0 Å². The van der Waals surface area contributed by atoms with Crippen LogP contribution in [0.2, 0.25) is 0 Å². The van der Waals surface area contributed by atoms with Gasteiger partial charge in [-0.1, -0.05) is 42.0 Å². The Labute approximate surface area is 142 Å². The standard InChI is InChI=1S/C19H23FN4/c1-15(10-16-6-3-2-4-7-16)12-21-13-18-11-17(20)14-24(18)19-8-5-9-22-23-19/h2-10,17-18,21H,11-14H2,1H3/b15-10+/t17-,18-/m0/s1. The molecule has 2 heterocycles. The zero-order valence-corrected chi connectivity index (χ0v) is 13.9. The second-order valence-corrected chi connectivity index (χ2v) is 6.25. The summed E-state index contributed by atoms with van der Waals surface area (Å²) >= 11 is 0. The van der Waals surface area contributed by atoms with Gasteiger partial charge in [0.25, 0.3) is 0 Å². The predicted molar refractivity (Wildman–Crippen MR) is 95.6 cm³/mol. The van der Waals surface area contributed by atoms with Gasteiger partial charge in [-0.2, -0.15) is 5.10 Å². The first kappa shape index (κ1) is 16.6. The summed E-state index contributed by atoms with van der Waals surface area (Å²) in [6, 6.07) is 14.1. The number of anilines is 1. The molecule has 0 saturated carbocycles. The molecule has 0 radical (unpaired) electrons. The van der Waals surface area contributed by atoms with Crippen LogP contribution in [-0.4, -0.2) is 42.0 Å². The molecule has 1 fully saturated rings. The second kappa shape index (κ2) is 8.02. The zero-order chi connectivity index (χ0) is 16.8. The molecule has 0 aliphatic carbocycles. The molecule has 5 heteroatoms. The lowest BCUT2D eigenvalue weighted by atomic mass is 10.1. The van der Waals surface area contributed by atoms with E-state index < -0.39 is 6.17 Å². The second-order valence-electron chi connectivity index (χ2n) is 6.25. The fourth-order valence-electron chi connectivity index (χ4n) is 3.10. The number of aromatic nitrogens is 2. The first-order chi connectivity index (χ1) is 11.7. The third-order valence-corrected chi connectivity index (χ3v) is 4.21. The summed E-state index contributed by atoms with van der Waals surface area (Å²) in [5.41, 5.74) is 2.45. The van der Waals surface area contributed by atoms with E-state index in [4.69, 9.17) is 0 Å². The van der Waals surface area contributed by atoms with Crippen molar-refractivity contribution < 1.29 is 4.39 Å². The number of benzene rings is 1. The molecular formula is C19H23FN4. The van der Waals surface area contributed by atoms with Crippen molar-refractivity contribution in [1.82, 2.24) is 15.5 Å². The highest BCUT2D eigenvalue weighted by Crippen LogP contribution is 2.24. The summed E-state index contributed by atoms with van der Waals surface area (Å²) in [4.78, 5) is 2.01. The van der Waals surface area contributed by atoms with Gasteiger partial charge in [-0.05, 0) is 24.6 Å². The van der Waals surface area contributed by atoms with Crippen molar-refractivity contribution in [3.63, 3.8) is 0 Å². The van der Waals surface area contributed by atoms with Crippen LogP contribution < -0.4 is 10.2 Å². The number of hydrogen-bond acceptors (Lipinski definition) is 4. The molecule has 1 aliphatic rings. The van der Waals surface area contributed by atoms with E-state index in [0.29, 0.717) is 13.0 Å². The van der Waals surface area contributed by atoms with E-state index in [2.05, 4.69) is 40.6 Å². The molecule has 3 rings (SSSR count). The van der Waals surface area contributed by atoms with Gasteiger partial charge in [-0.15, -0.1) is 5.10 Å². The minimum atomic E-state index is -0.806. The largest absolute Gasteiger partial charge is 0.348 e. The number of hydrogen-bond donors (Lipinski definition) is 1. The fraction of sp³-hybridized carbons (Fsp3) is 0.368. The highest BCUT2D eigenvalue weighted by molar-refractivity contribution is 5.52. The van der Waals surface area contributed by atoms with Crippen LogP contribution in [0.1, 0.15) is 18.9 Å². The number of nitrogens with zero attached hydrogens (tertiary/aromatic N) is 3. The lowest BCUT2D eigenvalue weighted by Gasteiger charge is -2.25. The van der Waals surface area contributed by atoms with Gasteiger partial charge in [-0.3, -0.25) is 0 Å². The van der Waals surface area contributed by atoms with E-state index >= 15 is 0 Å². The average molecular weight is 326 g/mol. The van der Waals surface area contributed by atoms with Gasteiger partial charge >= 0.3 is 0 Å². The first-order valence-electron chi connectivity index (χ1n) is 8.34. The molecule has 126 valence electrons. The average Bonchev–Trinajstić information content (AvgIpc) is 2.97. The van der Waals surface area contributed by atoms with E-state index in [1.165, 1.54) is 11.1 Å². The van der Waals surface area contributed by atoms with Gasteiger partial charge in [0.05, 0.1) is 6.54 Å². The van der Waals surface area contributed by atoms with Crippen LogP contribution in [0.25, 0.3) is 6.08 Å². The third-order valence-electron chi connectivity index (χ3n) is 4.21. The van der Waals surface area contributed by atoms with E-state index in [9.17, 15) is 4.39 Å². The number of alkyl halides is 1. The topological polar surface area (TPSA) is 41.0 Å². The Morgan fingerprint density at radius 3 is 2.88 bits per heavy atom. The maximum Gasteiger partial charge on any atom is 0.151 e. The number of rotatable bonds is 6. The lowest BCUT2D eigenvalue weighted by molar-refractivity contribution is 0.354. The molecule has 0 bridgehead atoms. The van der Waals surface area contributed by atoms with Crippen LogP contribution >= 0.6 is 0 Å². The smallest absolute Gasteiger partial charge is 0.151 e. The van der Waals surface area contributed by atoms with Crippen molar-refractivity contribution in [1.29, 1.82) is 0 Å². The van der Waals surface area contributed by atoms with E-state index in [0.717, 1.165) is 18.9 Å². The lowest BCUT2D eigenvalue weighted by Crippen LogP contribution is -2.39. The van der Waals surface area contributed by atoms with Crippen molar-refractivity contribution in [3.8, 4) is 0 Å². The zero-order valence-electron chi connectivity index (χ0n) is 13.9. The maximum absolute atomic E-state index is 13.9. The molecule has 1 saturated heterocycles. The van der Waals surface area contributed by atoms with Gasteiger partial charge < -0.3 is 10.2 Å².